The molecular weight excluding hydrogens is 188 g/mol. The summed E-state index contributed by atoms with van der Waals surface area (Å²) in [6.45, 7) is 2.53. The Kier molecular flexibility index (Phi) is 3.71. The predicted octanol–water partition coefficient (Wildman–Crippen LogP) is 1.41. The highest BCUT2D eigenvalue weighted by Gasteiger charge is 2.01. The van der Waals surface area contributed by atoms with Crippen LogP contribution in [-0.4, -0.2) is 17.4 Å². The van der Waals surface area contributed by atoms with E-state index in [1.165, 1.54) is 6.20 Å². The van der Waals surface area contributed by atoms with Gasteiger partial charge in [-0.1, -0.05) is 11.6 Å². The van der Waals surface area contributed by atoms with Gasteiger partial charge in [0.05, 0.1) is 11.4 Å². The molecule has 13 heavy (non-hydrogen) atoms. The van der Waals surface area contributed by atoms with Crippen LogP contribution < -0.4 is 5.32 Å². The first-order chi connectivity index (χ1) is 6.22. The van der Waals surface area contributed by atoms with Gasteiger partial charge in [-0.05, 0) is 19.1 Å². The molecule has 70 valence electrons. The number of carbonyl (C=O) groups excluding carboxylic acids is 1. The quantitative estimate of drug-likeness (QED) is 0.798. The summed E-state index contributed by atoms with van der Waals surface area (Å²) >= 11 is 5.65. The van der Waals surface area contributed by atoms with Crippen molar-refractivity contribution in [3.63, 3.8) is 0 Å². The number of hydrogen-bond acceptors (Lipinski definition) is 2. The molecule has 0 aliphatic heterocycles. The Balaban J connectivity index is 2.54. The minimum atomic E-state index is -0.0164. The molecule has 1 aromatic rings. The molecule has 4 heteroatoms. The summed E-state index contributed by atoms with van der Waals surface area (Å²) < 4.78 is 0. The topological polar surface area (TPSA) is 42.0 Å². The molecule has 1 N–H and O–H groups in total. The summed E-state index contributed by atoms with van der Waals surface area (Å²) in [4.78, 5) is 15.1. The molecule has 0 saturated heterocycles. The lowest BCUT2D eigenvalue weighted by Gasteiger charge is -2.00. The molecule has 0 saturated carbocycles. The minimum Gasteiger partial charge on any atom is -0.356 e. The van der Waals surface area contributed by atoms with Crippen LogP contribution in [0.1, 0.15) is 12.6 Å². The van der Waals surface area contributed by atoms with Gasteiger partial charge in [0.15, 0.2) is 0 Å². The van der Waals surface area contributed by atoms with Gasteiger partial charge in [0, 0.05) is 18.4 Å². The number of rotatable bonds is 3. The van der Waals surface area contributed by atoms with Crippen molar-refractivity contribution in [3.05, 3.63) is 29.0 Å². The highest BCUT2D eigenvalue weighted by molar-refractivity contribution is 6.30. The molecule has 0 bridgehead atoms. The maximum atomic E-state index is 11.1. The minimum absolute atomic E-state index is 0.0164. The van der Waals surface area contributed by atoms with Gasteiger partial charge in [-0.3, -0.25) is 9.78 Å². The molecule has 1 amide bonds. The summed E-state index contributed by atoms with van der Waals surface area (Å²) in [5, 5.41) is 3.28. The van der Waals surface area contributed by atoms with Gasteiger partial charge in [0.2, 0.25) is 5.91 Å². The normalized spacial score (nSPS) is 9.69. The number of nitrogens with zero attached hydrogens (tertiary/aromatic N) is 1. The highest BCUT2D eigenvalue weighted by Crippen LogP contribution is 2.06. The van der Waals surface area contributed by atoms with Crippen molar-refractivity contribution in [3.8, 4) is 0 Å². The molecule has 0 aliphatic rings. The van der Waals surface area contributed by atoms with E-state index in [2.05, 4.69) is 10.3 Å². The van der Waals surface area contributed by atoms with Gasteiger partial charge in [0.25, 0.3) is 0 Å². The van der Waals surface area contributed by atoms with Crippen LogP contribution in [0.3, 0.4) is 0 Å². The first-order valence-electron chi connectivity index (χ1n) is 4.09. The third kappa shape index (κ3) is 3.42. The lowest BCUT2D eigenvalue weighted by Crippen LogP contribution is -2.24. The van der Waals surface area contributed by atoms with E-state index in [-0.39, 0.29) is 5.91 Å². The standard InChI is InChI=1S/C9H11ClN2O/c1-2-11-9(13)5-8-4-3-7(10)6-12-8/h3-4,6H,2,5H2,1H3,(H,11,13). The van der Waals surface area contributed by atoms with Crippen molar-refractivity contribution < 1.29 is 4.79 Å². The first kappa shape index (κ1) is 9.99. The third-order valence-electron chi connectivity index (χ3n) is 1.50. The Labute approximate surface area is 82.1 Å². The lowest BCUT2D eigenvalue weighted by atomic mass is 10.2. The Morgan fingerprint density at radius 2 is 2.38 bits per heavy atom. The average Bonchev–Trinajstić information content (AvgIpc) is 2.09. The summed E-state index contributed by atoms with van der Waals surface area (Å²) in [5.41, 5.74) is 0.732. The van der Waals surface area contributed by atoms with E-state index in [0.717, 1.165) is 5.69 Å². The molecule has 0 atom stereocenters. The second-order valence-corrected chi connectivity index (χ2v) is 3.03. The van der Waals surface area contributed by atoms with Gasteiger partial charge in [-0.2, -0.15) is 0 Å². The molecule has 0 aliphatic carbocycles. The zero-order valence-corrected chi connectivity index (χ0v) is 8.14. The predicted molar refractivity (Wildman–Crippen MR) is 51.6 cm³/mol. The van der Waals surface area contributed by atoms with Crippen molar-refractivity contribution in [2.24, 2.45) is 0 Å². The molecule has 0 fully saturated rings. The zero-order chi connectivity index (χ0) is 9.68. The largest absolute Gasteiger partial charge is 0.356 e. The summed E-state index contributed by atoms with van der Waals surface area (Å²) in [5.74, 6) is -0.0164. The van der Waals surface area contributed by atoms with Gasteiger partial charge >= 0.3 is 0 Å². The van der Waals surface area contributed by atoms with Crippen LogP contribution in [0.4, 0.5) is 0 Å². The molecule has 0 aromatic carbocycles. The van der Waals surface area contributed by atoms with E-state index in [4.69, 9.17) is 11.6 Å². The first-order valence-corrected chi connectivity index (χ1v) is 4.47. The molecule has 3 nitrogen and oxygen atoms in total. The summed E-state index contributed by atoms with van der Waals surface area (Å²) in [6, 6.07) is 3.47. The van der Waals surface area contributed by atoms with Crippen molar-refractivity contribution in [2.45, 2.75) is 13.3 Å². The molecule has 1 heterocycles. The lowest BCUT2D eigenvalue weighted by molar-refractivity contribution is -0.120. The van der Waals surface area contributed by atoms with Crippen molar-refractivity contribution in [1.29, 1.82) is 0 Å². The Morgan fingerprint density at radius 1 is 1.62 bits per heavy atom. The number of nitrogens with one attached hydrogen (secondary N) is 1. The van der Waals surface area contributed by atoms with Crippen LogP contribution in [0.2, 0.25) is 5.02 Å². The smallest absolute Gasteiger partial charge is 0.226 e. The van der Waals surface area contributed by atoms with Crippen LogP contribution in [0, 0.1) is 0 Å². The maximum Gasteiger partial charge on any atom is 0.226 e. The average molecular weight is 199 g/mol. The fraction of sp³-hybridized carbons (Fsp3) is 0.333. The second kappa shape index (κ2) is 4.82. The number of amides is 1. The van der Waals surface area contributed by atoms with Crippen LogP contribution in [0.15, 0.2) is 18.3 Å². The second-order valence-electron chi connectivity index (χ2n) is 2.60. The summed E-state index contributed by atoms with van der Waals surface area (Å²) in [6.07, 6.45) is 1.85. The van der Waals surface area contributed by atoms with E-state index in [1.54, 1.807) is 12.1 Å². The third-order valence-corrected chi connectivity index (χ3v) is 1.73. The van der Waals surface area contributed by atoms with E-state index < -0.39 is 0 Å². The van der Waals surface area contributed by atoms with E-state index in [9.17, 15) is 4.79 Å². The van der Waals surface area contributed by atoms with E-state index in [1.807, 2.05) is 6.92 Å². The summed E-state index contributed by atoms with van der Waals surface area (Å²) in [7, 11) is 0. The Morgan fingerprint density at radius 3 is 2.92 bits per heavy atom. The monoisotopic (exact) mass is 198 g/mol. The van der Waals surface area contributed by atoms with Crippen molar-refractivity contribution >= 4 is 17.5 Å². The molecule has 0 unspecified atom stereocenters. The molecule has 1 aromatic heterocycles. The number of hydrogen-bond donors (Lipinski definition) is 1. The zero-order valence-electron chi connectivity index (χ0n) is 7.38. The van der Waals surface area contributed by atoms with Gasteiger partial charge in [-0.15, -0.1) is 0 Å². The van der Waals surface area contributed by atoms with Crippen molar-refractivity contribution in [2.75, 3.05) is 6.54 Å². The van der Waals surface area contributed by atoms with Crippen molar-refractivity contribution in [1.82, 2.24) is 10.3 Å². The van der Waals surface area contributed by atoms with Crippen LogP contribution in [0.5, 0.6) is 0 Å². The number of likely N-dealkylation sites (N-methyl/N-ethyl adjacent to an activating group) is 1. The Hall–Kier alpha value is -1.09. The van der Waals surface area contributed by atoms with Gasteiger partial charge in [-0.25, -0.2) is 0 Å². The molecule has 0 radical (unpaired) electrons. The van der Waals surface area contributed by atoms with Gasteiger partial charge < -0.3 is 5.32 Å². The maximum absolute atomic E-state index is 11.1. The molecule has 1 rings (SSSR count). The molecule has 0 spiro atoms. The SMILES string of the molecule is CCNC(=O)Cc1ccc(Cl)cn1. The molecular formula is C9H11ClN2O. The van der Waals surface area contributed by atoms with E-state index in [0.29, 0.717) is 18.0 Å². The van der Waals surface area contributed by atoms with Crippen LogP contribution >= 0.6 is 11.6 Å². The Bertz CT molecular complexity index is 284. The fourth-order valence-corrected chi connectivity index (χ4v) is 1.05. The number of aromatic nitrogens is 1. The fourth-order valence-electron chi connectivity index (χ4n) is 0.935. The van der Waals surface area contributed by atoms with Crippen LogP contribution in [-0.2, 0) is 11.2 Å². The number of pyridine rings is 1. The van der Waals surface area contributed by atoms with Gasteiger partial charge in [0.1, 0.15) is 0 Å². The van der Waals surface area contributed by atoms with E-state index >= 15 is 0 Å². The number of carbonyl (C=O) groups is 1. The highest BCUT2D eigenvalue weighted by atomic mass is 35.5. The number of halogens is 1. The van der Waals surface area contributed by atoms with Crippen LogP contribution in [0.25, 0.3) is 0 Å².